The van der Waals surface area contributed by atoms with Crippen LogP contribution < -0.4 is 5.32 Å². The van der Waals surface area contributed by atoms with E-state index >= 15 is 0 Å². The highest BCUT2D eigenvalue weighted by atomic mass is 15.2. The molecule has 1 saturated carbocycles. The Kier molecular flexibility index (Phi) is 3.17. The number of fused-ring (bicyclic) bond motifs is 1. The van der Waals surface area contributed by atoms with E-state index in [9.17, 15) is 0 Å². The fourth-order valence-corrected chi connectivity index (χ4v) is 3.32. The number of hydrogen-bond acceptors (Lipinski definition) is 2. The highest BCUT2D eigenvalue weighted by molar-refractivity contribution is 5.35. The van der Waals surface area contributed by atoms with E-state index in [4.69, 9.17) is 0 Å². The first-order valence-electron chi connectivity index (χ1n) is 6.86. The van der Waals surface area contributed by atoms with Crippen LogP contribution in [0.15, 0.2) is 18.2 Å². The van der Waals surface area contributed by atoms with Crippen LogP contribution >= 0.6 is 0 Å². The van der Waals surface area contributed by atoms with Crippen molar-refractivity contribution in [2.24, 2.45) is 0 Å². The van der Waals surface area contributed by atoms with E-state index in [1.807, 2.05) is 7.05 Å². The molecule has 2 aliphatic rings. The molecule has 3 rings (SSSR count). The Hall–Kier alpha value is -0.860. The highest BCUT2D eigenvalue weighted by Gasteiger charge is 2.27. The number of rotatable bonds is 3. The lowest BCUT2D eigenvalue weighted by atomic mass is 10.1. The first kappa shape index (κ1) is 11.2. The Morgan fingerprint density at radius 2 is 1.94 bits per heavy atom. The molecule has 1 fully saturated rings. The van der Waals surface area contributed by atoms with Gasteiger partial charge in [0.25, 0.3) is 0 Å². The monoisotopic (exact) mass is 230 g/mol. The fourth-order valence-electron chi connectivity index (χ4n) is 3.32. The van der Waals surface area contributed by atoms with Crippen LogP contribution in [0.3, 0.4) is 0 Å². The summed E-state index contributed by atoms with van der Waals surface area (Å²) in [6.07, 6.45) is 5.69. The van der Waals surface area contributed by atoms with Crippen molar-refractivity contribution in [2.75, 3.05) is 7.05 Å². The molecule has 0 atom stereocenters. The third-order valence-electron chi connectivity index (χ3n) is 4.24. The summed E-state index contributed by atoms with van der Waals surface area (Å²) in [6, 6.07) is 7.85. The van der Waals surface area contributed by atoms with E-state index in [0.717, 1.165) is 12.6 Å². The van der Waals surface area contributed by atoms with Crippen LogP contribution in [0, 0.1) is 0 Å². The maximum atomic E-state index is 3.23. The maximum Gasteiger partial charge on any atom is 0.0243 e. The van der Waals surface area contributed by atoms with Gasteiger partial charge in [-0.1, -0.05) is 31.0 Å². The average Bonchev–Trinajstić information content (AvgIpc) is 2.97. The molecule has 0 spiro atoms. The van der Waals surface area contributed by atoms with Crippen LogP contribution in [0.25, 0.3) is 0 Å². The van der Waals surface area contributed by atoms with E-state index in [2.05, 4.69) is 28.4 Å². The van der Waals surface area contributed by atoms with E-state index < -0.39 is 0 Å². The summed E-state index contributed by atoms with van der Waals surface area (Å²) in [5, 5.41) is 3.23. The fraction of sp³-hybridized carbons (Fsp3) is 0.600. The molecule has 1 aliphatic heterocycles. The predicted octanol–water partition coefficient (Wildman–Crippen LogP) is 2.66. The van der Waals surface area contributed by atoms with Gasteiger partial charge in [0.05, 0.1) is 0 Å². The minimum atomic E-state index is 0.857. The first-order chi connectivity index (χ1) is 8.36. The molecule has 1 N–H and O–H groups in total. The van der Waals surface area contributed by atoms with Gasteiger partial charge in [-0.25, -0.2) is 0 Å². The summed E-state index contributed by atoms with van der Waals surface area (Å²) >= 11 is 0. The molecular weight excluding hydrogens is 208 g/mol. The van der Waals surface area contributed by atoms with Gasteiger partial charge in [-0.05, 0) is 36.6 Å². The van der Waals surface area contributed by atoms with Gasteiger partial charge in [0.2, 0.25) is 0 Å². The SMILES string of the molecule is CNCc1ccc2c(c1)CN(C1CCCC1)C2. The van der Waals surface area contributed by atoms with Crippen LogP contribution in [-0.4, -0.2) is 18.0 Å². The average molecular weight is 230 g/mol. The Labute approximate surface area is 104 Å². The van der Waals surface area contributed by atoms with Gasteiger partial charge in [-0.15, -0.1) is 0 Å². The van der Waals surface area contributed by atoms with Crippen molar-refractivity contribution in [1.82, 2.24) is 10.2 Å². The van der Waals surface area contributed by atoms with Gasteiger partial charge in [-0.2, -0.15) is 0 Å². The smallest absolute Gasteiger partial charge is 0.0243 e. The quantitative estimate of drug-likeness (QED) is 0.859. The summed E-state index contributed by atoms with van der Waals surface area (Å²) in [5.41, 5.74) is 4.53. The normalized spacial score (nSPS) is 21.0. The molecule has 2 nitrogen and oxygen atoms in total. The van der Waals surface area contributed by atoms with Gasteiger partial charge in [0.1, 0.15) is 0 Å². The van der Waals surface area contributed by atoms with E-state index in [1.165, 1.54) is 44.3 Å². The Morgan fingerprint density at radius 3 is 2.71 bits per heavy atom. The largest absolute Gasteiger partial charge is 0.316 e. The lowest BCUT2D eigenvalue weighted by Crippen LogP contribution is -2.27. The van der Waals surface area contributed by atoms with Gasteiger partial charge in [0, 0.05) is 25.7 Å². The summed E-state index contributed by atoms with van der Waals surface area (Å²) < 4.78 is 0. The second-order valence-corrected chi connectivity index (χ2v) is 5.48. The lowest BCUT2D eigenvalue weighted by Gasteiger charge is -2.22. The molecule has 0 unspecified atom stereocenters. The van der Waals surface area contributed by atoms with Crippen LogP contribution in [-0.2, 0) is 19.6 Å². The molecule has 0 radical (unpaired) electrons. The number of nitrogens with one attached hydrogen (secondary N) is 1. The summed E-state index contributed by atoms with van der Waals surface area (Å²) in [5.74, 6) is 0. The summed E-state index contributed by atoms with van der Waals surface area (Å²) in [7, 11) is 2.01. The number of hydrogen-bond donors (Lipinski definition) is 1. The zero-order valence-corrected chi connectivity index (χ0v) is 10.7. The molecule has 1 heterocycles. The molecule has 0 aromatic heterocycles. The van der Waals surface area contributed by atoms with Crippen molar-refractivity contribution in [3.8, 4) is 0 Å². The Balaban J connectivity index is 1.73. The standard InChI is InChI=1S/C15H22N2/c1-16-9-12-6-7-13-10-17(11-14(13)8-12)15-4-2-3-5-15/h6-8,15-16H,2-5,9-11H2,1H3. The van der Waals surface area contributed by atoms with E-state index in [-0.39, 0.29) is 0 Å². The van der Waals surface area contributed by atoms with E-state index in [0.29, 0.717) is 0 Å². The van der Waals surface area contributed by atoms with Gasteiger partial charge >= 0.3 is 0 Å². The highest BCUT2D eigenvalue weighted by Crippen LogP contribution is 2.31. The van der Waals surface area contributed by atoms with Crippen LogP contribution in [0.5, 0.6) is 0 Å². The molecule has 1 aromatic rings. The predicted molar refractivity (Wildman–Crippen MR) is 70.7 cm³/mol. The zero-order chi connectivity index (χ0) is 11.7. The molecule has 1 aliphatic carbocycles. The molecule has 0 amide bonds. The Morgan fingerprint density at radius 1 is 1.18 bits per heavy atom. The summed E-state index contributed by atoms with van der Waals surface area (Å²) in [6.45, 7) is 3.34. The minimum Gasteiger partial charge on any atom is -0.316 e. The molecule has 17 heavy (non-hydrogen) atoms. The number of nitrogens with zero attached hydrogens (tertiary/aromatic N) is 1. The van der Waals surface area contributed by atoms with Gasteiger partial charge in [-0.3, -0.25) is 4.90 Å². The van der Waals surface area contributed by atoms with Gasteiger partial charge < -0.3 is 5.32 Å². The van der Waals surface area contributed by atoms with Gasteiger partial charge in [0.15, 0.2) is 0 Å². The molecule has 92 valence electrons. The third kappa shape index (κ3) is 2.24. The van der Waals surface area contributed by atoms with Crippen molar-refractivity contribution >= 4 is 0 Å². The van der Waals surface area contributed by atoms with Crippen molar-refractivity contribution in [3.63, 3.8) is 0 Å². The van der Waals surface area contributed by atoms with Crippen molar-refractivity contribution in [1.29, 1.82) is 0 Å². The zero-order valence-electron chi connectivity index (χ0n) is 10.7. The Bertz CT molecular complexity index is 394. The topological polar surface area (TPSA) is 15.3 Å². The summed E-state index contributed by atoms with van der Waals surface area (Å²) in [4.78, 5) is 2.68. The first-order valence-corrected chi connectivity index (χ1v) is 6.86. The van der Waals surface area contributed by atoms with E-state index in [1.54, 1.807) is 11.1 Å². The lowest BCUT2D eigenvalue weighted by molar-refractivity contribution is 0.202. The molecule has 0 saturated heterocycles. The van der Waals surface area contributed by atoms with Crippen LogP contribution in [0.1, 0.15) is 42.4 Å². The van der Waals surface area contributed by atoms with Crippen LogP contribution in [0.4, 0.5) is 0 Å². The van der Waals surface area contributed by atoms with Crippen molar-refractivity contribution in [3.05, 3.63) is 34.9 Å². The minimum absolute atomic E-state index is 0.857. The third-order valence-corrected chi connectivity index (χ3v) is 4.24. The van der Waals surface area contributed by atoms with Crippen molar-refractivity contribution in [2.45, 2.75) is 51.4 Å². The molecule has 1 aromatic carbocycles. The molecule has 0 bridgehead atoms. The van der Waals surface area contributed by atoms with Crippen molar-refractivity contribution < 1.29 is 0 Å². The number of benzene rings is 1. The molecule has 2 heteroatoms. The molecular formula is C15H22N2. The second-order valence-electron chi connectivity index (χ2n) is 5.48. The maximum absolute atomic E-state index is 3.23. The van der Waals surface area contributed by atoms with Crippen LogP contribution in [0.2, 0.25) is 0 Å². The second kappa shape index (κ2) is 4.79.